The number of hydrogen-bond donors (Lipinski definition) is 1. The van der Waals surface area contributed by atoms with E-state index < -0.39 is 6.10 Å². The number of anilines is 1. The molecule has 3 aromatic rings. The Morgan fingerprint density at radius 3 is 2.54 bits per heavy atom. The third kappa shape index (κ3) is 3.96. The summed E-state index contributed by atoms with van der Waals surface area (Å²) in [7, 11) is 1.91. The number of nitrogens with zero attached hydrogens (tertiary/aromatic N) is 4. The van der Waals surface area contributed by atoms with Crippen LogP contribution in [0, 0.1) is 6.92 Å². The number of aromatic nitrogens is 2. The first kappa shape index (κ1) is 18.7. The highest BCUT2D eigenvalue weighted by Crippen LogP contribution is 2.30. The van der Waals surface area contributed by atoms with Crippen LogP contribution in [0.5, 0.6) is 0 Å². The summed E-state index contributed by atoms with van der Waals surface area (Å²) < 4.78 is 1.88. The molecule has 4 rings (SSSR count). The SMILES string of the molecule is Cc1cccc(CN2CCN(c3ccccc3[C@H](O)c3nccn3C)CC2)c1. The van der Waals surface area contributed by atoms with Gasteiger partial charge in [-0.3, -0.25) is 4.90 Å². The molecule has 1 fully saturated rings. The largest absolute Gasteiger partial charge is 0.380 e. The highest BCUT2D eigenvalue weighted by atomic mass is 16.3. The van der Waals surface area contributed by atoms with Crippen molar-refractivity contribution in [3.8, 4) is 0 Å². The average Bonchev–Trinajstić information content (AvgIpc) is 3.14. The van der Waals surface area contributed by atoms with Gasteiger partial charge in [-0.05, 0) is 18.6 Å². The van der Waals surface area contributed by atoms with Gasteiger partial charge in [-0.1, -0.05) is 48.0 Å². The molecule has 5 heteroatoms. The summed E-state index contributed by atoms with van der Waals surface area (Å²) in [5, 5.41) is 10.9. The highest BCUT2D eigenvalue weighted by molar-refractivity contribution is 5.56. The lowest BCUT2D eigenvalue weighted by molar-refractivity contribution is 0.205. The minimum atomic E-state index is -0.721. The van der Waals surface area contributed by atoms with Gasteiger partial charge in [0.15, 0.2) is 0 Å². The Hall–Kier alpha value is -2.63. The lowest BCUT2D eigenvalue weighted by Crippen LogP contribution is -2.46. The van der Waals surface area contributed by atoms with Crippen molar-refractivity contribution < 1.29 is 5.11 Å². The first-order chi connectivity index (χ1) is 13.6. The van der Waals surface area contributed by atoms with Crippen LogP contribution in [0.3, 0.4) is 0 Å². The molecular weight excluding hydrogens is 348 g/mol. The Bertz CT molecular complexity index is 928. The van der Waals surface area contributed by atoms with Crippen molar-refractivity contribution in [3.63, 3.8) is 0 Å². The Kier molecular flexibility index (Phi) is 5.46. The van der Waals surface area contributed by atoms with E-state index in [4.69, 9.17) is 0 Å². The number of aryl methyl sites for hydroxylation is 2. The van der Waals surface area contributed by atoms with Gasteiger partial charge in [-0.25, -0.2) is 4.98 Å². The van der Waals surface area contributed by atoms with Crippen LogP contribution >= 0.6 is 0 Å². The van der Waals surface area contributed by atoms with Crippen LogP contribution in [0.4, 0.5) is 5.69 Å². The molecule has 5 nitrogen and oxygen atoms in total. The fourth-order valence-corrected chi connectivity index (χ4v) is 4.00. The number of aliphatic hydroxyl groups is 1. The molecule has 1 atom stereocenters. The lowest BCUT2D eigenvalue weighted by Gasteiger charge is -2.37. The van der Waals surface area contributed by atoms with E-state index in [1.54, 1.807) is 6.20 Å². The second-order valence-electron chi connectivity index (χ2n) is 7.61. The van der Waals surface area contributed by atoms with E-state index in [9.17, 15) is 5.11 Å². The molecule has 1 saturated heterocycles. The monoisotopic (exact) mass is 376 g/mol. The Balaban J connectivity index is 1.46. The highest BCUT2D eigenvalue weighted by Gasteiger charge is 2.23. The van der Waals surface area contributed by atoms with E-state index in [2.05, 4.69) is 52.0 Å². The molecule has 1 N–H and O–H groups in total. The summed E-state index contributed by atoms with van der Waals surface area (Å²) in [5.41, 5.74) is 4.71. The number of benzene rings is 2. The maximum absolute atomic E-state index is 10.9. The van der Waals surface area contributed by atoms with Gasteiger partial charge in [0, 0.05) is 63.4 Å². The Morgan fingerprint density at radius 1 is 1.04 bits per heavy atom. The van der Waals surface area contributed by atoms with Crippen molar-refractivity contribution in [2.75, 3.05) is 31.1 Å². The predicted octanol–water partition coefficient (Wildman–Crippen LogP) is 3.13. The smallest absolute Gasteiger partial charge is 0.142 e. The summed E-state index contributed by atoms with van der Waals surface area (Å²) in [5.74, 6) is 0.672. The van der Waals surface area contributed by atoms with Crippen LogP contribution in [0.25, 0.3) is 0 Å². The molecule has 0 saturated carbocycles. The molecule has 0 radical (unpaired) electrons. The minimum absolute atomic E-state index is 0.672. The molecule has 2 aromatic carbocycles. The first-order valence-corrected chi connectivity index (χ1v) is 9.89. The number of hydrogen-bond acceptors (Lipinski definition) is 4. The molecule has 0 aliphatic carbocycles. The average molecular weight is 377 g/mol. The number of para-hydroxylation sites is 1. The summed E-state index contributed by atoms with van der Waals surface area (Å²) in [4.78, 5) is 9.22. The van der Waals surface area contributed by atoms with Gasteiger partial charge in [-0.15, -0.1) is 0 Å². The number of rotatable bonds is 5. The molecule has 0 unspecified atom stereocenters. The van der Waals surface area contributed by atoms with Gasteiger partial charge < -0.3 is 14.6 Å². The second kappa shape index (κ2) is 8.17. The standard InChI is InChI=1S/C23H28N4O/c1-18-6-5-7-19(16-18)17-26-12-14-27(15-13-26)21-9-4-3-8-20(21)22(28)23-24-10-11-25(23)2/h3-11,16,22,28H,12-15,17H2,1-2H3/t22-/m0/s1. The molecule has 1 aliphatic rings. The van der Waals surface area contributed by atoms with E-state index in [1.165, 1.54) is 11.1 Å². The second-order valence-corrected chi connectivity index (χ2v) is 7.61. The van der Waals surface area contributed by atoms with Gasteiger partial charge in [0.2, 0.25) is 0 Å². The van der Waals surface area contributed by atoms with E-state index in [1.807, 2.05) is 36.0 Å². The molecule has 28 heavy (non-hydrogen) atoms. The third-order valence-electron chi connectivity index (χ3n) is 5.54. The summed E-state index contributed by atoms with van der Waals surface area (Å²) in [6.07, 6.45) is 2.87. The number of piperazine rings is 1. The molecule has 0 spiro atoms. The first-order valence-electron chi connectivity index (χ1n) is 9.89. The van der Waals surface area contributed by atoms with E-state index in [0.717, 1.165) is 44.0 Å². The van der Waals surface area contributed by atoms with Gasteiger partial charge in [0.25, 0.3) is 0 Å². The van der Waals surface area contributed by atoms with Crippen LogP contribution in [0.2, 0.25) is 0 Å². The van der Waals surface area contributed by atoms with Crippen LogP contribution < -0.4 is 4.90 Å². The third-order valence-corrected chi connectivity index (χ3v) is 5.54. The van der Waals surface area contributed by atoms with Crippen LogP contribution in [-0.4, -0.2) is 45.7 Å². The fourth-order valence-electron chi connectivity index (χ4n) is 4.00. The summed E-state index contributed by atoms with van der Waals surface area (Å²) in [6, 6.07) is 16.9. The van der Waals surface area contributed by atoms with E-state index >= 15 is 0 Å². The van der Waals surface area contributed by atoms with Crippen LogP contribution in [0.1, 0.15) is 28.6 Å². The fraction of sp³-hybridized carbons (Fsp3) is 0.348. The van der Waals surface area contributed by atoms with Crippen molar-refractivity contribution in [2.45, 2.75) is 19.6 Å². The van der Waals surface area contributed by atoms with Crippen LogP contribution in [0.15, 0.2) is 60.9 Å². The Labute approximate surface area is 166 Å². The normalized spacial score (nSPS) is 16.3. The lowest BCUT2D eigenvalue weighted by atomic mass is 10.0. The zero-order valence-corrected chi connectivity index (χ0v) is 16.6. The van der Waals surface area contributed by atoms with Gasteiger partial charge in [-0.2, -0.15) is 0 Å². The van der Waals surface area contributed by atoms with E-state index in [0.29, 0.717) is 5.82 Å². The van der Waals surface area contributed by atoms with Crippen molar-refractivity contribution in [1.82, 2.24) is 14.5 Å². The van der Waals surface area contributed by atoms with Crippen LogP contribution in [-0.2, 0) is 13.6 Å². The zero-order chi connectivity index (χ0) is 19.5. The maximum Gasteiger partial charge on any atom is 0.142 e. The zero-order valence-electron chi connectivity index (χ0n) is 16.6. The van der Waals surface area contributed by atoms with Crippen molar-refractivity contribution in [2.24, 2.45) is 7.05 Å². The molecule has 1 aromatic heterocycles. The predicted molar refractivity (Wildman–Crippen MR) is 112 cm³/mol. The summed E-state index contributed by atoms with van der Waals surface area (Å²) >= 11 is 0. The molecule has 0 amide bonds. The van der Waals surface area contributed by atoms with Gasteiger partial charge in [0.05, 0.1) is 0 Å². The van der Waals surface area contributed by atoms with Gasteiger partial charge >= 0.3 is 0 Å². The molecule has 0 bridgehead atoms. The van der Waals surface area contributed by atoms with Crippen molar-refractivity contribution in [1.29, 1.82) is 0 Å². The minimum Gasteiger partial charge on any atom is -0.380 e. The van der Waals surface area contributed by atoms with Crippen molar-refractivity contribution >= 4 is 5.69 Å². The molecule has 2 heterocycles. The maximum atomic E-state index is 10.9. The Morgan fingerprint density at radius 2 is 1.82 bits per heavy atom. The molecule has 1 aliphatic heterocycles. The summed E-state index contributed by atoms with van der Waals surface area (Å²) in [6.45, 7) is 7.08. The molecule has 146 valence electrons. The number of aliphatic hydroxyl groups excluding tert-OH is 1. The van der Waals surface area contributed by atoms with E-state index in [-0.39, 0.29) is 0 Å². The molecular formula is C23H28N4O. The van der Waals surface area contributed by atoms with Gasteiger partial charge in [0.1, 0.15) is 11.9 Å². The quantitative estimate of drug-likeness (QED) is 0.743. The van der Waals surface area contributed by atoms with Crippen molar-refractivity contribution in [3.05, 3.63) is 83.4 Å². The topological polar surface area (TPSA) is 44.5 Å². The number of imidazole rings is 1.